The molecule has 0 radical (unpaired) electrons. The third kappa shape index (κ3) is 5.71. The van der Waals surface area contributed by atoms with E-state index in [0.717, 1.165) is 44.8 Å². The number of nitrogens with one attached hydrogen (secondary N) is 3. The zero-order valence-corrected chi connectivity index (χ0v) is 20.3. The Morgan fingerprint density at radius 2 is 2.00 bits per heavy atom. The van der Waals surface area contributed by atoms with Crippen molar-refractivity contribution in [1.82, 2.24) is 30.2 Å². The van der Waals surface area contributed by atoms with E-state index in [-0.39, 0.29) is 12.4 Å². The lowest BCUT2D eigenvalue weighted by molar-refractivity contribution is -0.239. The molecule has 1 aromatic carbocycles. The summed E-state index contributed by atoms with van der Waals surface area (Å²) in [5.74, 6) is 0.685. The number of aliphatic hydroxyl groups excluding tert-OH is 1. The molecule has 4 heterocycles. The molecule has 0 aliphatic carbocycles. The van der Waals surface area contributed by atoms with Gasteiger partial charge in [0, 0.05) is 50.0 Å². The maximum absolute atomic E-state index is 13.6. The van der Waals surface area contributed by atoms with E-state index < -0.39 is 11.7 Å². The highest BCUT2D eigenvalue weighted by Crippen LogP contribution is 2.35. The van der Waals surface area contributed by atoms with E-state index >= 15 is 0 Å². The highest BCUT2D eigenvalue weighted by Gasteiger charge is 2.34. The summed E-state index contributed by atoms with van der Waals surface area (Å²) in [6.07, 6.45) is 1.97. The largest absolute Gasteiger partial charge is 0.396 e. The number of hydrogen-bond acceptors (Lipinski definition) is 9. The van der Waals surface area contributed by atoms with Crippen molar-refractivity contribution in [3.05, 3.63) is 48.2 Å². The van der Waals surface area contributed by atoms with Crippen molar-refractivity contribution in [2.75, 3.05) is 58.0 Å². The molecule has 3 aromatic rings. The number of aliphatic hydroxyl groups is 1. The quantitative estimate of drug-likeness (QED) is 0.330. The van der Waals surface area contributed by atoms with Crippen LogP contribution in [0, 0.1) is 11.2 Å². The normalized spacial score (nSPS) is 22.7. The lowest BCUT2D eigenvalue weighted by atomic mass is 9.94. The predicted octanol–water partition coefficient (Wildman–Crippen LogP) is 2.38. The average molecular weight is 498 g/mol. The zero-order valence-electron chi connectivity index (χ0n) is 20.3. The Bertz CT molecular complexity index is 1140. The van der Waals surface area contributed by atoms with Crippen LogP contribution in [0.4, 0.5) is 10.3 Å². The highest BCUT2D eigenvalue weighted by atomic mass is 19.1. The summed E-state index contributed by atoms with van der Waals surface area (Å²) in [6, 6.07) is 7.96. The Morgan fingerprint density at radius 1 is 1.19 bits per heavy atom. The Balaban J connectivity index is 1.36. The summed E-state index contributed by atoms with van der Waals surface area (Å²) in [7, 11) is 0. The van der Waals surface area contributed by atoms with Crippen molar-refractivity contribution in [2.24, 2.45) is 5.41 Å². The molecule has 0 amide bonds. The van der Waals surface area contributed by atoms with E-state index in [1.807, 2.05) is 6.92 Å². The molecule has 5 rings (SSSR count). The smallest absolute Gasteiger partial charge is 0.223 e. The van der Waals surface area contributed by atoms with E-state index in [1.54, 1.807) is 24.4 Å². The molecule has 2 aliphatic heterocycles. The van der Waals surface area contributed by atoms with Gasteiger partial charge in [-0.2, -0.15) is 0 Å². The van der Waals surface area contributed by atoms with E-state index in [4.69, 9.17) is 19.4 Å². The van der Waals surface area contributed by atoms with Gasteiger partial charge in [0.05, 0.1) is 36.9 Å². The zero-order chi connectivity index (χ0) is 25.0. The fraction of sp³-hybridized carbons (Fsp3) is 0.480. The summed E-state index contributed by atoms with van der Waals surface area (Å²) in [4.78, 5) is 19.5. The molecule has 2 aromatic heterocycles. The predicted molar refractivity (Wildman–Crippen MR) is 132 cm³/mol. The van der Waals surface area contributed by atoms with Crippen LogP contribution in [0.3, 0.4) is 0 Å². The highest BCUT2D eigenvalue weighted by molar-refractivity contribution is 5.77. The first-order valence-corrected chi connectivity index (χ1v) is 12.2. The van der Waals surface area contributed by atoms with Crippen LogP contribution >= 0.6 is 0 Å². The van der Waals surface area contributed by atoms with Crippen LogP contribution in [0.1, 0.15) is 25.5 Å². The maximum atomic E-state index is 13.6. The molecule has 2 fully saturated rings. The SMILES string of the molecule is CC1(CO)COC(c2nc(-c3ccc(F)cc3)c(-c3ccnc(NCCCN4CCNC4)n3)[nH]2)OC1. The fourth-order valence-electron chi connectivity index (χ4n) is 4.23. The summed E-state index contributed by atoms with van der Waals surface area (Å²) >= 11 is 0. The summed E-state index contributed by atoms with van der Waals surface area (Å²) in [6.45, 7) is 7.37. The Hall–Kier alpha value is -2.96. The summed E-state index contributed by atoms with van der Waals surface area (Å²) in [5, 5.41) is 16.2. The number of nitrogens with zero attached hydrogens (tertiary/aromatic N) is 4. The van der Waals surface area contributed by atoms with Gasteiger partial charge in [-0.1, -0.05) is 6.92 Å². The Labute approximate surface area is 209 Å². The van der Waals surface area contributed by atoms with Crippen molar-refractivity contribution >= 4 is 5.95 Å². The number of aromatic amines is 1. The Morgan fingerprint density at radius 3 is 2.72 bits per heavy atom. The van der Waals surface area contributed by atoms with Crippen molar-refractivity contribution in [1.29, 1.82) is 0 Å². The molecule has 36 heavy (non-hydrogen) atoms. The second-order valence-electron chi connectivity index (χ2n) is 9.60. The van der Waals surface area contributed by atoms with Gasteiger partial charge in [-0.3, -0.25) is 4.90 Å². The number of hydrogen-bond donors (Lipinski definition) is 4. The number of imidazole rings is 1. The lowest BCUT2D eigenvalue weighted by Gasteiger charge is -2.35. The molecule has 2 aliphatic rings. The lowest BCUT2D eigenvalue weighted by Crippen LogP contribution is -2.39. The van der Waals surface area contributed by atoms with Gasteiger partial charge >= 0.3 is 0 Å². The van der Waals surface area contributed by atoms with Crippen LogP contribution in [0.15, 0.2) is 36.5 Å². The topological polar surface area (TPSA) is 120 Å². The molecule has 0 bridgehead atoms. The molecule has 2 saturated heterocycles. The van der Waals surface area contributed by atoms with Crippen LogP contribution in [-0.4, -0.2) is 82.6 Å². The van der Waals surface area contributed by atoms with Gasteiger partial charge in [0.1, 0.15) is 5.82 Å². The second kappa shape index (κ2) is 11.0. The molecule has 4 N–H and O–H groups in total. The van der Waals surface area contributed by atoms with E-state index in [1.165, 1.54) is 12.1 Å². The van der Waals surface area contributed by atoms with Crippen molar-refractivity contribution < 1.29 is 19.0 Å². The van der Waals surface area contributed by atoms with E-state index in [0.29, 0.717) is 42.1 Å². The molecular formula is C25H32FN7O3. The van der Waals surface area contributed by atoms with Crippen LogP contribution in [0.2, 0.25) is 0 Å². The minimum absolute atomic E-state index is 0.0322. The van der Waals surface area contributed by atoms with Crippen molar-refractivity contribution in [3.63, 3.8) is 0 Å². The van der Waals surface area contributed by atoms with Gasteiger partial charge in [0.25, 0.3) is 0 Å². The fourth-order valence-corrected chi connectivity index (χ4v) is 4.23. The number of H-pyrrole nitrogens is 1. The van der Waals surface area contributed by atoms with Gasteiger partial charge in [0.15, 0.2) is 5.82 Å². The van der Waals surface area contributed by atoms with Gasteiger partial charge in [-0.05, 0) is 36.8 Å². The number of benzene rings is 1. The van der Waals surface area contributed by atoms with Gasteiger partial charge in [-0.15, -0.1) is 0 Å². The molecule has 0 unspecified atom stereocenters. The monoisotopic (exact) mass is 497 g/mol. The van der Waals surface area contributed by atoms with Gasteiger partial charge in [-0.25, -0.2) is 19.3 Å². The van der Waals surface area contributed by atoms with Crippen molar-refractivity contribution in [2.45, 2.75) is 19.6 Å². The second-order valence-corrected chi connectivity index (χ2v) is 9.60. The molecule has 0 spiro atoms. The standard InChI is InChI=1S/C25H32FN7O3/c1-25(13-34)14-35-23(36-15-25)22-31-20(17-3-5-18(26)6-4-17)21(32-22)19-7-9-29-24(30-19)28-8-2-11-33-12-10-27-16-33/h3-7,9,23,27,34H,2,8,10-16H2,1H3,(H,31,32)(H,28,29,30). The van der Waals surface area contributed by atoms with E-state index in [9.17, 15) is 9.50 Å². The van der Waals surface area contributed by atoms with Crippen LogP contribution in [0.5, 0.6) is 0 Å². The molecule has 11 heteroatoms. The number of rotatable bonds is 9. The number of ether oxygens (including phenoxy) is 2. The minimum Gasteiger partial charge on any atom is -0.396 e. The number of aromatic nitrogens is 4. The summed E-state index contributed by atoms with van der Waals surface area (Å²) in [5.41, 5.74) is 2.19. The third-order valence-corrected chi connectivity index (χ3v) is 6.40. The molecule has 10 nitrogen and oxygen atoms in total. The number of anilines is 1. The van der Waals surface area contributed by atoms with Crippen LogP contribution in [0.25, 0.3) is 22.6 Å². The van der Waals surface area contributed by atoms with Gasteiger partial charge < -0.3 is 30.2 Å². The maximum Gasteiger partial charge on any atom is 0.223 e. The van der Waals surface area contributed by atoms with E-state index in [2.05, 4.69) is 25.5 Å². The van der Waals surface area contributed by atoms with Crippen LogP contribution in [-0.2, 0) is 9.47 Å². The molecule has 192 valence electrons. The summed E-state index contributed by atoms with van der Waals surface area (Å²) < 4.78 is 25.3. The first-order valence-electron chi connectivity index (χ1n) is 12.2. The van der Waals surface area contributed by atoms with Gasteiger partial charge in [0.2, 0.25) is 12.2 Å². The Kier molecular flexibility index (Phi) is 7.54. The average Bonchev–Trinajstić information content (AvgIpc) is 3.58. The third-order valence-electron chi connectivity index (χ3n) is 6.40. The molecule has 0 atom stereocenters. The first kappa shape index (κ1) is 24.7. The van der Waals surface area contributed by atoms with Crippen molar-refractivity contribution in [3.8, 4) is 22.6 Å². The molecular weight excluding hydrogens is 465 g/mol. The first-order chi connectivity index (χ1) is 17.5. The molecule has 0 saturated carbocycles. The minimum atomic E-state index is -0.711. The number of halogens is 1. The van der Waals surface area contributed by atoms with Crippen LogP contribution < -0.4 is 10.6 Å².